The molecule has 0 aliphatic heterocycles. The molecular formula is C29H20Br2N2O2S. The zero-order valence-corrected chi connectivity index (χ0v) is 23.5. The number of fused-ring (bicyclic) bond motifs is 4. The molecule has 0 unspecified atom stereocenters. The van der Waals surface area contributed by atoms with Crippen molar-refractivity contribution in [3.8, 4) is 5.75 Å². The molecule has 0 spiro atoms. The molecular weight excluding hydrogens is 600 g/mol. The summed E-state index contributed by atoms with van der Waals surface area (Å²) >= 11 is 8.72. The van der Waals surface area contributed by atoms with Gasteiger partial charge in [-0.15, -0.1) is 0 Å². The lowest BCUT2D eigenvalue weighted by Gasteiger charge is -2.13. The largest absolute Gasteiger partial charge is 0.487 e. The molecule has 0 aliphatic carbocycles. The molecule has 4 nitrogen and oxygen atoms in total. The minimum atomic E-state index is -0.0516. The molecule has 0 radical (unpaired) electrons. The van der Waals surface area contributed by atoms with Gasteiger partial charge in [0, 0.05) is 0 Å². The molecule has 4 aromatic carbocycles. The molecule has 0 aliphatic rings. The van der Waals surface area contributed by atoms with Gasteiger partial charge in [-0.25, -0.2) is 9.38 Å². The summed E-state index contributed by atoms with van der Waals surface area (Å²) in [5.74, 6) is 0.722. The van der Waals surface area contributed by atoms with Crippen molar-refractivity contribution in [2.45, 2.75) is 20.5 Å². The van der Waals surface area contributed by atoms with Gasteiger partial charge < -0.3 is 4.74 Å². The van der Waals surface area contributed by atoms with Gasteiger partial charge in [0.05, 0.1) is 24.5 Å². The fourth-order valence-corrected chi connectivity index (χ4v) is 6.88. The summed E-state index contributed by atoms with van der Waals surface area (Å²) in [5.41, 5.74) is 5.99. The van der Waals surface area contributed by atoms with Crippen molar-refractivity contribution >= 4 is 76.0 Å². The van der Waals surface area contributed by atoms with E-state index in [0.717, 1.165) is 42.4 Å². The first-order valence-electron chi connectivity index (χ1n) is 11.4. The van der Waals surface area contributed by atoms with E-state index in [4.69, 9.17) is 4.74 Å². The fourth-order valence-electron chi connectivity index (χ4n) is 4.44. The van der Waals surface area contributed by atoms with Gasteiger partial charge >= 0.3 is 0 Å². The molecule has 6 aromatic rings. The van der Waals surface area contributed by atoms with Crippen molar-refractivity contribution in [3.05, 3.63) is 113 Å². The zero-order chi connectivity index (χ0) is 25.0. The smallest absolute Gasteiger partial charge is 0.274 e. The van der Waals surface area contributed by atoms with Crippen LogP contribution in [0.5, 0.6) is 5.75 Å². The molecule has 0 atom stereocenters. The van der Waals surface area contributed by atoms with Gasteiger partial charge in [0.1, 0.15) is 12.4 Å². The maximum Gasteiger partial charge on any atom is 0.274 e. The van der Waals surface area contributed by atoms with Crippen LogP contribution in [0.2, 0.25) is 0 Å². The van der Waals surface area contributed by atoms with E-state index in [0.29, 0.717) is 16.1 Å². The van der Waals surface area contributed by atoms with Gasteiger partial charge in [0.25, 0.3) is 5.56 Å². The maximum atomic E-state index is 13.3. The Morgan fingerprint density at radius 3 is 2.50 bits per heavy atom. The van der Waals surface area contributed by atoms with Crippen molar-refractivity contribution < 1.29 is 4.74 Å². The lowest BCUT2D eigenvalue weighted by Crippen LogP contribution is -2.22. The first kappa shape index (κ1) is 23.4. The standard InChI is InChI=1S/C29H20Br2N2O2S/c1-16-10-24-25(11-17(16)2)33-28(34)26(36-29(33)32-24)14-18-12-22(30)27(23(31)13-18)35-15-20-8-5-7-19-6-3-4-9-21(19)20/h3-14H,15H2,1-2H3/b26-14-. The third kappa shape index (κ3) is 4.05. The van der Waals surface area contributed by atoms with Gasteiger partial charge in [0.2, 0.25) is 0 Å². The number of aromatic nitrogens is 2. The van der Waals surface area contributed by atoms with Crippen LogP contribution in [0.1, 0.15) is 22.3 Å². The average molecular weight is 620 g/mol. The van der Waals surface area contributed by atoms with E-state index in [2.05, 4.69) is 75.0 Å². The first-order chi connectivity index (χ1) is 17.4. The van der Waals surface area contributed by atoms with Gasteiger partial charge in [-0.2, -0.15) is 0 Å². The van der Waals surface area contributed by atoms with Gasteiger partial charge in [-0.05, 0) is 109 Å². The average Bonchev–Trinajstić information content (AvgIpc) is 3.34. The van der Waals surface area contributed by atoms with Crippen LogP contribution in [0, 0.1) is 13.8 Å². The third-order valence-electron chi connectivity index (χ3n) is 6.42. The topological polar surface area (TPSA) is 43.6 Å². The summed E-state index contributed by atoms with van der Waals surface area (Å²) in [5, 5.41) is 2.37. The van der Waals surface area contributed by atoms with Crippen LogP contribution in [0.15, 0.2) is 80.5 Å². The van der Waals surface area contributed by atoms with Crippen molar-refractivity contribution in [1.29, 1.82) is 0 Å². The SMILES string of the molecule is Cc1cc2nc3s/c(=C\c4cc(Br)c(OCc5cccc6ccccc56)c(Br)c4)c(=O)n3c2cc1C. The molecule has 0 bridgehead atoms. The second-order valence-electron chi connectivity index (χ2n) is 8.81. The highest BCUT2D eigenvalue weighted by molar-refractivity contribution is 9.11. The van der Waals surface area contributed by atoms with Crippen LogP contribution >= 0.6 is 43.2 Å². The fraction of sp³-hybridized carbons (Fsp3) is 0.103. The summed E-state index contributed by atoms with van der Waals surface area (Å²) in [7, 11) is 0. The molecule has 178 valence electrons. The Labute approximate surface area is 228 Å². The molecule has 0 saturated carbocycles. The number of thiazole rings is 1. The minimum Gasteiger partial charge on any atom is -0.487 e. The minimum absolute atomic E-state index is 0.0516. The molecule has 7 heteroatoms. The number of rotatable bonds is 4. The first-order valence-corrected chi connectivity index (χ1v) is 13.8. The molecule has 0 saturated heterocycles. The van der Waals surface area contributed by atoms with Crippen LogP contribution in [-0.4, -0.2) is 9.38 Å². The number of hydrogen-bond donors (Lipinski definition) is 0. The Kier molecular flexibility index (Phi) is 5.94. The van der Waals surface area contributed by atoms with Crippen molar-refractivity contribution in [1.82, 2.24) is 9.38 Å². The number of imidazole rings is 1. The van der Waals surface area contributed by atoms with Crippen LogP contribution in [0.4, 0.5) is 0 Å². The predicted octanol–water partition coefficient (Wildman–Crippen LogP) is 7.33. The van der Waals surface area contributed by atoms with Crippen molar-refractivity contribution in [3.63, 3.8) is 0 Å². The van der Waals surface area contributed by atoms with E-state index in [1.54, 1.807) is 4.40 Å². The highest BCUT2D eigenvalue weighted by Gasteiger charge is 2.14. The summed E-state index contributed by atoms with van der Waals surface area (Å²) < 4.78 is 10.2. The van der Waals surface area contributed by atoms with E-state index >= 15 is 0 Å². The molecule has 2 heterocycles. The Balaban J connectivity index is 1.34. The number of hydrogen-bond acceptors (Lipinski definition) is 4. The van der Waals surface area contributed by atoms with E-state index in [1.807, 2.05) is 48.5 Å². The maximum absolute atomic E-state index is 13.3. The molecule has 0 N–H and O–H groups in total. The quantitative estimate of drug-likeness (QED) is 0.207. The summed E-state index contributed by atoms with van der Waals surface area (Å²) in [6, 6.07) is 22.6. The van der Waals surface area contributed by atoms with Gasteiger partial charge in [-0.3, -0.25) is 4.79 Å². The lowest BCUT2D eigenvalue weighted by atomic mass is 10.1. The second-order valence-corrected chi connectivity index (χ2v) is 11.5. The number of halogens is 2. The summed E-state index contributed by atoms with van der Waals surface area (Å²) in [6.07, 6.45) is 1.90. The highest BCUT2D eigenvalue weighted by atomic mass is 79.9. The van der Waals surface area contributed by atoms with Crippen molar-refractivity contribution in [2.24, 2.45) is 0 Å². The molecule has 0 fully saturated rings. The highest BCUT2D eigenvalue weighted by Crippen LogP contribution is 2.36. The monoisotopic (exact) mass is 618 g/mol. The second kappa shape index (κ2) is 9.14. The third-order valence-corrected chi connectivity index (χ3v) is 8.57. The Morgan fingerprint density at radius 2 is 1.69 bits per heavy atom. The predicted molar refractivity (Wildman–Crippen MR) is 155 cm³/mol. The van der Waals surface area contributed by atoms with Gasteiger partial charge in [0.15, 0.2) is 4.96 Å². The zero-order valence-electron chi connectivity index (χ0n) is 19.5. The Bertz CT molecular complexity index is 1900. The number of aryl methyl sites for hydroxylation is 2. The summed E-state index contributed by atoms with van der Waals surface area (Å²) in [6.45, 7) is 4.56. The number of nitrogens with zero attached hydrogens (tertiary/aromatic N) is 2. The van der Waals surface area contributed by atoms with E-state index in [9.17, 15) is 4.79 Å². The molecule has 6 rings (SSSR count). The molecule has 2 aromatic heterocycles. The Morgan fingerprint density at radius 1 is 0.972 bits per heavy atom. The number of benzene rings is 4. The van der Waals surface area contributed by atoms with Gasteiger partial charge in [-0.1, -0.05) is 53.8 Å². The molecule has 36 heavy (non-hydrogen) atoms. The van der Waals surface area contributed by atoms with E-state index in [1.165, 1.54) is 27.7 Å². The molecule has 0 amide bonds. The van der Waals surface area contributed by atoms with Crippen LogP contribution in [-0.2, 0) is 6.61 Å². The van der Waals surface area contributed by atoms with Crippen LogP contribution in [0.3, 0.4) is 0 Å². The Hall–Kier alpha value is -3.00. The lowest BCUT2D eigenvalue weighted by molar-refractivity contribution is 0.303. The van der Waals surface area contributed by atoms with Crippen LogP contribution < -0.4 is 14.8 Å². The van der Waals surface area contributed by atoms with Crippen molar-refractivity contribution in [2.75, 3.05) is 0 Å². The van der Waals surface area contributed by atoms with E-state index < -0.39 is 0 Å². The summed E-state index contributed by atoms with van der Waals surface area (Å²) in [4.78, 5) is 18.7. The number of ether oxygens (including phenoxy) is 1. The normalized spacial score (nSPS) is 12.3. The van der Waals surface area contributed by atoms with E-state index in [-0.39, 0.29) is 5.56 Å². The van der Waals surface area contributed by atoms with Crippen LogP contribution in [0.25, 0.3) is 32.8 Å².